The van der Waals surface area contributed by atoms with E-state index in [1.54, 1.807) is 0 Å². The van der Waals surface area contributed by atoms with Gasteiger partial charge in [0.2, 0.25) is 0 Å². The van der Waals surface area contributed by atoms with Crippen LogP contribution >= 0.6 is 0 Å². The number of rotatable bonds is 4. The average molecular weight is 583 g/mol. The Morgan fingerprint density at radius 1 is 0.239 bits per heavy atom. The third-order valence-electron chi connectivity index (χ3n) is 9.43. The summed E-state index contributed by atoms with van der Waals surface area (Å²) in [6.07, 6.45) is 0. The quantitative estimate of drug-likeness (QED) is 0.143. The van der Waals surface area contributed by atoms with Crippen molar-refractivity contribution in [2.75, 3.05) is 0 Å². The first-order valence-electron chi connectivity index (χ1n) is 15.9. The molecule has 0 bridgehead atoms. The van der Waals surface area contributed by atoms with Crippen LogP contribution in [0.5, 0.6) is 0 Å². The average Bonchev–Trinajstić information content (AvgIpc) is 3.14. The fourth-order valence-corrected chi connectivity index (χ4v) is 7.33. The van der Waals surface area contributed by atoms with Crippen LogP contribution in [-0.2, 0) is 0 Å². The minimum absolute atomic E-state index is 1.22. The Balaban J connectivity index is 1.39. The van der Waals surface area contributed by atoms with Gasteiger partial charge in [0.15, 0.2) is 0 Å². The van der Waals surface area contributed by atoms with E-state index in [1.165, 1.54) is 87.6 Å². The molecule has 0 aliphatic carbocycles. The maximum absolute atomic E-state index is 2.38. The van der Waals surface area contributed by atoms with E-state index in [1.807, 2.05) is 0 Å². The number of hydrogen-bond donors (Lipinski definition) is 0. The molecule has 9 aromatic carbocycles. The maximum atomic E-state index is 2.38. The summed E-state index contributed by atoms with van der Waals surface area (Å²) in [7, 11) is 0. The molecule has 0 heteroatoms. The van der Waals surface area contributed by atoms with Gasteiger partial charge in [-0.25, -0.2) is 0 Å². The van der Waals surface area contributed by atoms with Crippen LogP contribution in [-0.4, -0.2) is 0 Å². The molecule has 0 aliphatic heterocycles. The van der Waals surface area contributed by atoms with Gasteiger partial charge >= 0.3 is 0 Å². The molecule has 0 nitrogen and oxygen atoms in total. The molecule has 9 aromatic rings. The van der Waals surface area contributed by atoms with Gasteiger partial charge in [-0.3, -0.25) is 0 Å². The van der Waals surface area contributed by atoms with Crippen molar-refractivity contribution >= 4 is 43.1 Å². The molecule has 46 heavy (non-hydrogen) atoms. The molecule has 0 fully saturated rings. The van der Waals surface area contributed by atoms with Gasteiger partial charge in [0.1, 0.15) is 0 Å². The van der Waals surface area contributed by atoms with Crippen LogP contribution in [0.15, 0.2) is 182 Å². The van der Waals surface area contributed by atoms with Gasteiger partial charge in [0, 0.05) is 0 Å². The van der Waals surface area contributed by atoms with E-state index in [2.05, 4.69) is 182 Å². The van der Waals surface area contributed by atoms with Crippen molar-refractivity contribution in [1.29, 1.82) is 0 Å². The molecule has 214 valence electrons. The highest BCUT2D eigenvalue weighted by atomic mass is 14.2. The Kier molecular flexibility index (Phi) is 6.25. The lowest BCUT2D eigenvalue weighted by atomic mass is 9.82. The highest BCUT2D eigenvalue weighted by Crippen LogP contribution is 2.48. The lowest BCUT2D eigenvalue weighted by Gasteiger charge is -2.21. The van der Waals surface area contributed by atoms with E-state index in [4.69, 9.17) is 0 Å². The molecule has 0 saturated heterocycles. The van der Waals surface area contributed by atoms with Gasteiger partial charge in [-0.1, -0.05) is 170 Å². The standard InChI is InChI=1S/C46H30/c1-2-14-32(15-3-1)38-20-8-9-22-40(38)45-42-24-11-10-23-41(42)44(46-39-21-7-6-16-33(39)27-28-43(45)46)37-19-12-18-35(30-37)36-26-25-31-13-4-5-17-34(31)29-36/h1-30H. The van der Waals surface area contributed by atoms with Crippen molar-refractivity contribution in [3.05, 3.63) is 182 Å². The maximum Gasteiger partial charge on any atom is -0.00141 e. The fourth-order valence-electron chi connectivity index (χ4n) is 7.33. The summed E-state index contributed by atoms with van der Waals surface area (Å²) in [6.45, 7) is 0. The summed E-state index contributed by atoms with van der Waals surface area (Å²) >= 11 is 0. The lowest BCUT2D eigenvalue weighted by Crippen LogP contribution is -1.94. The molecule has 0 saturated carbocycles. The van der Waals surface area contributed by atoms with Gasteiger partial charge in [-0.2, -0.15) is 0 Å². The molecule has 0 amide bonds. The molecule has 0 aromatic heterocycles. The zero-order chi connectivity index (χ0) is 30.5. The summed E-state index contributed by atoms with van der Waals surface area (Å²) in [5, 5.41) is 10.1. The van der Waals surface area contributed by atoms with Crippen LogP contribution < -0.4 is 0 Å². The molecule has 9 rings (SSSR count). The van der Waals surface area contributed by atoms with Crippen LogP contribution in [0.4, 0.5) is 0 Å². The zero-order valence-electron chi connectivity index (χ0n) is 25.3. The van der Waals surface area contributed by atoms with E-state index in [0.717, 1.165) is 0 Å². The van der Waals surface area contributed by atoms with Crippen LogP contribution in [0.25, 0.3) is 87.6 Å². The molecule has 0 atom stereocenters. The van der Waals surface area contributed by atoms with Crippen molar-refractivity contribution in [2.24, 2.45) is 0 Å². The SMILES string of the molecule is c1ccc(-c2ccccc2-c2c3ccccc3c(-c3cccc(-c4ccc5ccccc5c4)c3)c3c2ccc2ccccc23)cc1. The van der Waals surface area contributed by atoms with Gasteiger partial charge < -0.3 is 0 Å². The number of hydrogen-bond acceptors (Lipinski definition) is 0. The molecule has 0 N–H and O–H groups in total. The third kappa shape index (κ3) is 4.30. The zero-order valence-corrected chi connectivity index (χ0v) is 25.3. The van der Waals surface area contributed by atoms with E-state index < -0.39 is 0 Å². The summed E-state index contributed by atoms with van der Waals surface area (Å²) in [5.41, 5.74) is 9.97. The monoisotopic (exact) mass is 582 g/mol. The van der Waals surface area contributed by atoms with Crippen molar-refractivity contribution in [1.82, 2.24) is 0 Å². The Morgan fingerprint density at radius 2 is 0.804 bits per heavy atom. The summed E-state index contributed by atoms with van der Waals surface area (Å²) in [6, 6.07) is 66.6. The fraction of sp³-hybridized carbons (Fsp3) is 0. The summed E-state index contributed by atoms with van der Waals surface area (Å²) < 4.78 is 0. The molecule has 0 unspecified atom stereocenters. The van der Waals surface area contributed by atoms with Crippen LogP contribution in [0.1, 0.15) is 0 Å². The van der Waals surface area contributed by atoms with E-state index in [-0.39, 0.29) is 0 Å². The van der Waals surface area contributed by atoms with Crippen molar-refractivity contribution in [3.8, 4) is 44.5 Å². The molecular weight excluding hydrogens is 553 g/mol. The predicted octanol–water partition coefficient (Wildman–Crippen LogP) is 13.0. The molecule has 0 aliphatic rings. The first-order valence-corrected chi connectivity index (χ1v) is 15.9. The summed E-state index contributed by atoms with van der Waals surface area (Å²) in [5.74, 6) is 0. The second-order valence-corrected chi connectivity index (χ2v) is 12.1. The minimum Gasteiger partial charge on any atom is -0.0622 e. The third-order valence-corrected chi connectivity index (χ3v) is 9.43. The van der Waals surface area contributed by atoms with E-state index in [0.29, 0.717) is 0 Å². The Hall–Kier alpha value is -5.98. The van der Waals surface area contributed by atoms with Crippen LogP contribution in [0.3, 0.4) is 0 Å². The van der Waals surface area contributed by atoms with E-state index >= 15 is 0 Å². The number of fused-ring (bicyclic) bond motifs is 5. The molecular formula is C46H30. The van der Waals surface area contributed by atoms with Crippen LogP contribution in [0.2, 0.25) is 0 Å². The first-order chi connectivity index (χ1) is 22.8. The van der Waals surface area contributed by atoms with E-state index in [9.17, 15) is 0 Å². The Bertz CT molecular complexity index is 2570. The highest BCUT2D eigenvalue weighted by molar-refractivity contribution is 6.28. The number of benzene rings is 9. The topological polar surface area (TPSA) is 0 Å². The molecule has 0 radical (unpaired) electrons. The van der Waals surface area contributed by atoms with Crippen molar-refractivity contribution < 1.29 is 0 Å². The predicted molar refractivity (Wildman–Crippen MR) is 198 cm³/mol. The van der Waals surface area contributed by atoms with Gasteiger partial charge in [0.25, 0.3) is 0 Å². The highest BCUT2D eigenvalue weighted by Gasteiger charge is 2.20. The first kappa shape index (κ1) is 26.4. The second kappa shape index (κ2) is 10.9. The van der Waals surface area contributed by atoms with Gasteiger partial charge in [-0.05, 0) is 99.7 Å². The minimum atomic E-state index is 1.22. The van der Waals surface area contributed by atoms with Crippen molar-refractivity contribution in [2.45, 2.75) is 0 Å². The lowest BCUT2D eigenvalue weighted by molar-refractivity contribution is 1.60. The summed E-state index contributed by atoms with van der Waals surface area (Å²) in [4.78, 5) is 0. The smallest absolute Gasteiger partial charge is 0.00141 e. The van der Waals surface area contributed by atoms with Gasteiger partial charge in [0.05, 0.1) is 0 Å². The van der Waals surface area contributed by atoms with Gasteiger partial charge in [-0.15, -0.1) is 0 Å². The Morgan fingerprint density at radius 3 is 1.63 bits per heavy atom. The Labute approximate surface area is 268 Å². The van der Waals surface area contributed by atoms with Crippen LogP contribution in [0, 0.1) is 0 Å². The van der Waals surface area contributed by atoms with Crippen molar-refractivity contribution in [3.63, 3.8) is 0 Å². The second-order valence-electron chi connectivity index (χ2n) is 12.1. The normalized spacial score (nSPS) is 11.5. The largest absolute Gasteiger partial charge is 0.0622 e. The molecule has 0 spiro atoms. The molecule has 0 heterocycles.